The van der Waals surface area contributed by atoms with E-state index in [1.54, 1.807) is 42.5 Å². The van der Waals surface area contributed by atoms with E-state index in [0.717, 1.165) is 18.1 Å². The van der Waals surface area contributed by atoms with Crippen molar-refractivity contribution in [1.29, 1.82) is 0 Å². The maximum absolute atomic E-state index is 13.3. The predicted octanol–water partition coefficient (Wildman–Crippen LogP) is 4.64. The zero-order valence-electron chi connectivity index (χ0n) is 20.6. The summed E-state index contributed by atoms with van der Waals surface area (Å²) in [6, 6.07) is 15.6. The molecular formula is C26H26F3N2O6PS. The summed E-state index contributed by atoms with van der Waals surface area (Å²) in [4.78, 5) is 46.9. The molecule has 0 saturated carbocycles. The first-order valence-corrected chi connectivity index (χ1v) is 14.5. The lowest BCUT2D eigenvalue weighted by molar-refractivity contribution is -0.202. The van der Waals surface area contributed by atoms with Crippen LogP contribution in [0.5, 0.6) is 0 Å². The van der Waals surface area contributed by atoms with Crippen LogP contribution in [-0.4, -0.2) is 41.1 Å². The number of thiophene rings is 1. The monoisotopic (exact) mass is 582 g/mol. The van der Waals surface area contributed by atoms with E-state index in [-0.39, 0.29) is 6.42 Å². The van der Waals surface area contributed by atoms with Crippen molar-refractivity contribution < 1.29 is 41.8 Å². The van der Waals surface area contributed by atoms with Gasteiger partial charge < -0.3 is 20.7 Å². The molecule has 1 heterocycles. The lowest BCUT2D eigenvalue weighted by Gasteiger charge is -2.25. The van der Waals surface area contributed by atoms with Gasteiger partial charge in [0.1, 0.15) is 11.8 Å². The average Bonchev–Trinajstić information content (AvgIpc) is 3.43. The number of esters is 2. The first-order chi connectivity index (χ1) is 18.3. The molecule has 0 fully saturated rings. The van der Waals surface area contributed by atoms with E-state index in [0.29, 0.717) is 11.1 Å². The summed E-state index contributed by atoms with van der Waals surface area (Å²) in [6.45, 7) is 1.03. The predicted molar refractivity (Wildman–Crippen MR) is 140 cm³/mol. The highest BCUT2D eigenvalue weighted by atomic mass is 32.1. The van der Waals surface area contributed by atoms with Crippen molar-refractivity contribution in [3.63, 3.8) is 0 Å². The number of nitrogens with two attached hydrogens (primary N) is 1. The van der Waals surface area contributed by atoms with Gasteiger partial charge in [0.2, 0.25) is 13.3 Å². The minimum absolute atomic E-state index is 0.0366. The molecule has 1 aromatic heterocycles. The first-order valence-electron chi connectivity index (χ1n) is 11.6. The molecule has 2 unspecified atom stereocenters. The van der Waals surface area contributed by atoms with E-state index in [1.807, 2.05) is 29.0 Å². The van der Waals surface area contributed by atoms with Crippen LogP contribution >= 0.6 is 18.7 Å². The summed E-state index contributed by atoms with van der Waals surface area (Å²) in [6.07, 6.45) is -6.01. The number of benzene rings is 2. The number of carbonyl (C=O) groups excluding carboxylic acids is 3. The third-order valence-electron chi connectivity index (χ3n) is 5.86. The molecule has 0 spiro atoms. The second-order valence-corrected chi connectivity index (χ2v) is 12.1. The number of halogens is 3. The molecule has 8 nitrogen and oxygen atoms in total. The number of hydrogen-bond donors (Lipinski definition) is 3. The SMILES string of the molecule is C[C@H](NC(=O)[C@H](Cc1ccc(-c2ccsc2)cc1)CP(=O)(O)C(N)c1ccccc1)C(=O)OC(=O)C(F)(F)F. The molecule has 0 bridgehead atoms. The molecule has 3 aromatic rings. The summed E-state index contributed by atoms with van der Waals surface area (Å²) >= 11 is 1.53. The molecule has 0 aliphatic heterocycles. The Bertz CT molecular complexity index is 1330. The van der Waals surface area contributed by atoms with Crippen LogP contribution in [-0.2, 0) is 30.1 Å². The van der Waals surface area contributed by atoms with E-state index < -0.39 is 55.3 Å². The molecule has 13 heteroatoms. The quantitative estimate of drug-likeness (QED) is 0.180. The molecule has 0 radical (unpaired) electrons. The Hall–Kier alpha value is -3.31. The first kappa shape index (κ1) is 30.2. The molecule has 4 N–H and O–H groups in total. The summed E-state index contributed by atoms with van der Waals surface area (Å²) in [5, 5.41) is 6.07. The van der Waals surface area contributed by atoms with Gasteiger partial charge in [-0.05, 0) is 52.4 Å². The van der Waals surface area contributed by atoms with Crippen molar-refractivity contribution in [3.05, 3.63) is 82.6 Å². The fourth-order valence-electron chi connectivity index (χ4n) is 3.73. The van der Waals surface area contributed by atoms with Gasteiger partial charge in [-0.25, -0.2) is 9.59 Å². The van der Waals surface area contributed by atoms with Crippen molar-refractivity contribution in [2.45, 2.75) is 31.3 Å². The molecule has 1 amide bonds. The fourth-order valence-corrected chi connectivity index (χ4v) is 6.18. The molecule has 0 aliphatic carbocycles. The molecule has 4 atom stereocenters. The van der Waals surface area contributed by atoms with Crippen molar-refractivity contribution >= 4 is 36.6 Å². The Morgan fingerprint density at radius 1 is 1.05 bits per heavy atom. The normalized spacial score (nSPS) is 15.4. The Morgan fingerprint density at radius 3 is 2.26 bits per heavy atom. The zero-order valence-corrected chi connectivity index (χ0v) is 22.3. The Labute approximate surface area is 226 Å². The summed E-state index contributed by atoms with van der Waals surface area (Å²) in [5.41, 5.74) is 9.00. The van der Waals surface area contributed by atoms with Crippen LogP contribution < -0.4 is 11.1 Å². The number of ether oxygens (including phenoxy) is 1. The molecule has 3 rings (SSSR count). The second kappa shape index (κ2) is 12.7. The highest BCUT2D eigenvalue weighted by molar-refractivity contribution is 7.58. The van der Waals surface area contributed by atoms with E-state index in [1.165, 1.54) is 11.3 Å². The van der Waals surface area contributed by atoms with Gasteiger partial charge in [-0.15, -0.1) is 0 Å². The Kier molecular flexibility index (Phi) is 9.84. The van der Waals surface area contributed by atoms with Gasteiger partial charge in [0.25, 0.3) is 0 Å². The topological polar surface area (TPSA) is 136 Å². The average molecular weight is 583 g/mol. The Balaban J connectivity index is 1.80. The molecule has 0 aliphatic rings. The van der Waals surface area contributed by atoms with Gasteiger partial charge in [-0.2, -0.15) is 24.5 Å². The van der Waals surface area contributed by atoms with Crippen LogP contribution in [0.3, 0.4) is 0 Å². The number of hydrogen-bond acceptors (Lipinski definition) is 7. The lowest BCUT2D eigenvalue weighted by atomic mass is 9.98. The van der Waals surface area contributed by atoms with Crippen LogP contribution in [0.2, 0.25) is 0 Å². The van der Waals surface area contributed by atoms with Gasteiger partial charge in [0.05, 0.1) is 5.92 Å². The standard InChI is InChI=1S/C26H26F3N2O6PS/c1-16(24(33)37-25(34)26(27,28)29)31-23(32)21(14-38(35,36)22(30)19-5-3-2-4-6-19)13-17-7-9-18(10-8-17)20-11-12-39-15-20/h2-12,15-16,21-22H,13-14,30H2,1H3,(H,31,32)(H,35,36)/t16-,21+,22?/m0/s1. The zero-order chi connectivity index (χ0) is 28.8. The highest BCUT2D eigenvalue weighted by Crippen LogP contribution is 2.54. The largest absolute Gasteiger partial charge is 0.491 e. The fraction of sp³-hybridized carbons (Fsp3) is 0.269. The van der Waals surface area contributed by atoms with Crippen molar-refractivity contribution in [1.82, 2.24) is 5.32 Å². The lowest BCUT2D eigenvalue weighted by Crippen LogP contribution is -2.45. The molecule has 208 valence electrons. The third-order valence-corrected chi connectivity index (χ3v) is 8.67. The molecule has 39 heavy (non-hydrogen) atoms. The number of amides is 1. The minimum atomic E-state index is -5.39. The van der Waals surface area contributed by atoms with Crippen LogP contribution in [0.1, 0.15) is 23.8 Å². The number of carbonyl (C=O) groups is 3. The van der Waals surface area contributed by atoms with Crippen LogP contribution in [0.4, 0.5) is 13.2 Å². The van der Waals surface area contributed by atoms with Gasteiger partial charge in [-0.1, -0.05) is 54.6 Å². The van der Waals surface area contributed by atoms with Gasteiger partial charge in [-0.3, -0.25) is 9.36 Å². The number of nitrogens with one attached hydrogen (secondary N) is 1. The molecular weight excluding hydrogens is 556 g/mol. The van der Waals surface area contributed by atoms with E-state index in [4.69, 9.17) is 5.73 Å². The van der Waals surface area contributed by atoms with E-state index in [9.17, 15) is 37.0 Å². The van der Waals surface area contributed by atoms with Crippen molar-refractivity contribution in [3.8, 4) is 11.1 Å². The van der Waals surface area contributed by atoms with E-state index >= 15 is 0 Å². The third kappa shape index (κ3) is 8.34. The maximum Gasteiger partial charge on any atom is 0.491 e. The molecule has 2 aromatic carbocycles. The smallest absolute Gasteiger partial charge is 0.385 e. The summed E-state index contributed by atoms with van der Waals surface area (Å²) < 4.78 is 54.4. The van der Waals surface area contributed by atoms with Crippen LogP contribution in [0.25, 0.3) is 11.1 Å². The summed E-state index contributed by atoms with van der Waals surface area (Å²) in [7, 11) is -4.21. The van der Waals surface area contributed by atoms with Crippen molar-refractivity contribution in [2.24, 2.45) is 11.7 Å². The second-order valence-electron chi connectivity index (χ2n) is 8.84. The van der Waals surface area contributed by atoms with Crippen LogP contribution in [0, 0.1) is 5.92 Å². The van der Waals surface area contributed by atoms with Gasteiger partial charge >= 0.3 is 18.1 Å². The number of alkyl halides is 3. The van der Waals surface area contributed by atoms with Crippen molar-refractivity contribution in [2.75, 3.05) is 6.16 Å². The maximum atomic E-state index is 13.3. The summed E-state index contributed by atoms with van der Waals surface area (Å²) in [5.74, 6) is -7.74. The minimum Gasteiger partial charge on any atom is -0.385 e. The highest BCUT2D eigenvalue weighted by Gasteiger charge is 2.43. The number of rotatable bonds is 10. The van der Waals surface area contributed by atoms with Crippen LogP contribution in [0.15, 0.2) is 71.4 Å². The molecule has 0 saturated heterocycles. The van der Waals surface area contributed by atoms with Gasteiger partial charge in [0.15, 0.2) is 0 Å². The van der Waals surface area contributed by atoms with E-state index in [2.05, 4.69) is 10.1 Å². The Morgan fingerprint density at radius 2 is 1.69 bits per heavy atom. The van der Waals surface area contributed by atoms with Gasteiger partial charge in [0, 0.05) is 6.16 Å².